The summed E-state index contributed by atoms with van der Waals surface area (Å²) in [5, 5.41) is 8.67. The van der Waals surface area contributed by atoms with Crippen LogP contribution < -0.4 is 0 Å². The smallest absolute Gasteiger partial charge is 0.345 e. The number of carbonyl (C=O) groups is 2. The minimum Gasteiger partial charge on any atom is -0.479 e. The molecule has 0 aliphatic rings. The number of unbranched alkanes of at least 4 members (excludes halogenated alkanes) is 1. The topological polar surface area (TPSA) is 63.6 Å². The molecule has 0 saturated heterocycles. The Kier molecular flexibility index (Phi) is 6.66. The van der Waals surface area contributed by atoms with Crippen LogP contribution in [0.4, 0.5) is 0 Å². The highest BCUT2D eigenvalue weighted by Crippen LogP contribution is 2.10. The maximum Gasteiger partial charge on any atom is 0.345 e. The molecule has 0 radical (unpaired) electrons. The highest BCUT2D eigenvalue weighted by atomic mass is 35.5. The minimum absolute atomic E-state index is 0.276. The molecule has 0 bridgehead atoms. The van der Waals surface area contributed by atoms with Gasteiger partial charge < -0.3 is 9.84 Å². The molecular weight excluding hydrogens is 231 g/mol. The van der Waals surface area contributed by atoms with E-state index in [-0.39, 0.29) is 6.42 Å². The molecule has 0 aromatic rings. The summed E-state index contributed by atoms with van der Waals surface area (Å²) in [4.78, 5) is 20.1. The number of ether oxygens (including phenoxy) is 1. The maximum atomic E-state index is 10.9. The van der Waals surface area contributed by atoms with Gasteiger partial charge in [0.15, 0.2) is 6.10 Å². The Bertz CT molecular complexity index is 206. The molecular formula is C8H12Cl2O4. The summed E-state index contributed by atoms with van der Waals surface area (Å²) in [5.41, 5.74) is 0. The lowest BCUT2D eigenvalue weighted by Gasteiger charge is -2.13. The Labute approximate surface area is 92.1 Å². The summed E-state index contributed by atoms with van der Waals surface area (Å²) in [6.45, 7) is 1.91. The zero-order chi connectivity index (χ0) is 11.1. The fourth-order valence-electron chi connectivity index (χ4n) is 0.814. The molecule has 6 heteroatoms. The number of esters is 1. The largest absolute Gasteiger partial charge is 0.479 e. The monoisotopic (exact) mass is 242 g/mol. The molecule has 0 fully saturated rings. The predicted molar refractivity (Wildman–Crippen MR) is 52.5 cm³/mol. The molecule has 1 N–H and O–H groups in total. The molecule has 0 saturated carbocycles. The van der Waals surface area contributed by atoms with Crippen LogP contribution in [0, 0.1) is 0 Å². The van der Waals surface area contributed by atoms with Crippen LogP contribution >= 0.6 is 23.2 Å². The fourth-order valence-corrected chi connectivity index (χ4v) is 0.917. The average molecular weight is 243 g/mol. The Morgan fingerprint density at radius 2 is 2.00 bits per heavy atom. The van der Waals surface area contributed by atoms with Crippen molar-refractivity contribution in [1.29, 1.82) is 0 Å². The standard InChI is InChI=1S/C8H12Cl2O4/c1-2-3-4-5(7(11)12)14-8(13)6(9)10/h5-6H,2-4H2,1H3,(H,11,12)/t5-/m1/s1. The van der Waals surface area contributed by atoms with E-state index in [1.807, 2.05) is 6.92 Å². The van der Waals surface area contributed by atoms with Crippen molar-refractivity contribution in [3.05, 3.63) is 0 Å². The van der Waals surface area contributed by atoms with E-state index in [4.69, 9.17) is 28.3 Å². The Balaban J connectivity index is 4.09. The Morgan fingerprint density at radius 3 is 2.36 bits per heavy atom. The Hall–Kier alpha value is -0.480. The lowest BCUT2D eigenvalue weighted by Crippen LogP contribution is -2.29. The van der Waals surface area contributed by atoms with E-state index in [1.54, 1.807) is 0 Å². The van der Waals surface area contributed by atoms with Crippen LogP contribution in [0.5, 0.6) is 0 Å². The van der Waals surface area contributed by atoms with Gasteiger partial charge in [0.25, 0.3) is 0 Å². The highest BCUT2D eigenvalue weighted by Gasteiger charge is 2.24. The van der Waals surface area contributed by atoms with E-state index in [0.717, 1.165) is 6.42 Å². The van der Waals surface area contributed by atoms with Crippen molar-refractivity contribution in [1.82, 2.24) is 0 Å². The number of rotatable bonds is 6. The second-order valence-corrected chi connectivity index (χ2v) is 3.80. The molecule has 0 rings (SSSR count). The first-order chi connectivity index (χ1) is 6.49. The number of aliphatic carboxylic acids is 1. The van der Waals surface area contributed by atoms with Gasteiger partial charge in [0.1, 0.15) is 0 Å². The van der Waals surface area contributed by atoms with Gasteiger partial charge in [-0.15, -0.1) is 0 Å². The normalized spacial score (nSPS) is 12.6. The van der Waals surface area contributed by atoms with Crippen molar-refractivity contribution >= 4 is 35.1 Å². The third kappa shape index (κ3) is 5.29. The number of hydrogen-bond acceptors (Lipinski definition) is 3. The number of halogens is 2. The fraction of sp³-hybridized carbons (Fsp3) is 0.750. The number of carbonyl (C=O) groups excluding carboxylic acids is 1. The molecule has 0 heterocycles. The van der Waals surface area contributed by atoms with Crippen LogP contribution in [-0.4, -0.2) is 28.0 Å². The van der Waals surface area contributed by atoms with Gasteiger partial charge in [-0.3, -0.25) is 0 Å². The first-order valence-corrected chi connectivity index (χ1v) is 5.07. The lowest BCUT2D eigenvalue weighted by atomic mass is 10.1. The third-order valence-corrected chi connectivity index (χ3v) is 1.89. The van der Waals surface area contributed by atoms with E-state index in [1.165, 1.54) is 0 Å². The second kappa shape index (κ2) is 6.90. The van der Waals surface area contributed by atoms with Gasteiger partial charge in [0, 0.05) is 0 Å². The first-order valence-electron chi connectivity index (χ1n) is 4.20. The van der Waals surface area contributed by atoms with Crippen LogP contribution in [0.25, 0.3) is 0 Å². The molecule has 0 aromatic heterocycles. The van der Waals surface area contributed by atoms with Crippen LogP contribution in [-0.2, 0) is 14.3 Å². The Morgan fingerprint density at radius 1 is 1.43 bits per heavy atom. The van der Waals surface area contributed by atoms with Crippen LogP contribution in [0.3, 0.4) is 0 Å². The number of carboxylic acids is 1. The molecule has 0 aliphatic carbocycles. The van der Waals surface area contributed by atoms with Crippen molar-refractivity contribution in [3.8, 4) is 0 Å². The number of hydrogen-bond donors (Lipinski definition) is 1. The van der Waals surface area contributed by atoms with Crippen LogP contribution in [0.2, 0.25) is 0 Å². The molecule has 0 aromatic carbocycles. The summed E-state index contributed by atoms with van der Waals surface area (Å²) in [5.74, 6) is -2.10. The molecule has 1 atom stereocenters. The third-order valence-electron chi connectivity index (χ3n) is 1.53. The van der Waals surface area contributed by atoms with Crippen molar-refractivity contribution in [2.45, 2.75) is 37.1 Å². The zero-order valence-corrected chi connectivity index (χ0v) is 9.22. The van der Waals surface area contributed by atoms with Crippen molar-refractivity contribution in [2.75, 3.05) is 0 Å². The van der Waals surface area contributed by atoms with Crippen LogP contribution in [0.1, 0.15) is 26.2 Å². The van der Waals surface area contributed by atoms with E-state index < -0.39 is 22.9 Å². The van der Waals surface area contributed by atoms with E-state index in [2.05, 4.69) is 4.74 Å². The predicted octanol–water partition coefficient (Wildman–Crippen LogP) is 1.98. The maximum absolute atomic E-state index is 10.9. The summed E-state index contributed by atoms with van der Waals surface area (Å²) >= 11 is 10.4. The molecule has 4 nitrogen and oxygen atoms in total. The van der Waals surface area contributed by atoms with Gasteiger partial charge in [0.05, 0.1) is 0 Å². The summed E-state index contributed by atoms with van der Waals surface area (Å²) in [6.07, 6.45) is 0.617. The van der Waals surface area contributed by atoms with Gasteiger partial charge in [-0.2, -0.15) is 0 Å². The van der Waals surface area contributed by atoms with Gasteiger partial charge in [-0.05, 0) is 12.8 Å². The van der Waals surface area contributed by atoms with Gasteiger partial charge in [0.2, 0.25) is 4.84 Å². The number of carboxylic acid groups (broad SMARTS) is 1. The summed E-state index contributed by atoms with van der Waals surface area (Å²) in [7, 11) is 0. The average Bonchev–Trinajstić information content (AvgIpc) is 2.10. The molecule has 82 valence electrons. The summed E-state index contributed by atoms with van der Waals surface area (Å²) < 4.78 is 4.57. The van der Waals surface area contributed by atoms with Crippen molar-refractivity contribution < 1.29 is 19.4 Å². The van der Waals surface area contributed by atoms with Gasteiger partial charge in [-0.25, -0.2) is 9.59 Å². The van der Waals surface area contributed by atoms with Gasteiger partial charge in [-0.1, -0.05) is 36.5 Å². The minimum atomic E-state index is -1.33. The van der Waals surface area contributed by atoms with Crippen molar-refractivity contribution in [2.24, 2.45) is 0 Å². The van der Waals surface area contributed by atoms with E-state index in [0.29, 0.717) is 6.42 Å². The SMILES string of the molecule is CCCC[C@@H](OC(=O)C(Cl)Cl)C(=O)O. The van der Waals surface area contributed by atoms with Crippen LogP contribution in [0.15, 0.2) is 0 Å². The molecule has 0 unspecified atom stereocenters. The lowest BCUT2D eigenvalue weighted by molar-refractivity contribution is -0.163. The zero-order valence-electron chi connectivity index (χ0n) is 7.70. The van der Waals surface area contributed by atoms with E-state index in [9.17, 15) is 9.59 Å². The first kappa shape index (κ1) is 13.5. The molecule has 0 amide bonds. The molecule has 0 spiro atoms. The molecule has 14 heavy (non-hydrogen) atoms. The quantitative estimate of drug-likeness (QED) is 0.572. The van der Waals surface area contributed by atoms with Crippen molar-refractivity contribution in [3.63, 3.8) is 0 Å². The highest BCUT2D eigenvalue weighted by molar-refractivity contribution is 6.52. The summed E-state index contributed by atoms with van der Waals surface area (Å²) in [6, 6.07) is 0. The number of alkyl halides is 2. The molecule has 0 aliphatic heterocycles. The second-order valence-electron chi connectivity index (χ2n) is 2.71. The van der Waals surface area contributed by atoms with Gasteiger partial charge >= 0.3 is 11.9 Å². The van der Waals surface area contributed by atoms with E-state index >= 15 is 0 Å².